The summed E-state index contributed by atoms with van der Waals surface area (Å²) in [7, 11) is 1.64. The predicted molar refractivity (Wildman–Crippen MR) is 109 cm³/mol. The first-order valence-electron chi connectivity index (χ1n) is 9.26. The molecule has 1 unspecified atom stereocenters. The zero-order chi connectivity index (χ0) is 19.2. The molecule has 0 amide bonds. The Balaban J connectivity index is 2.06. The zero-order valence-electron chi connectivity index (χ0n) is 16.0. The Morgan fingerprint density at radius 1 is 1.04 bits per heavy atom. The monoisotopic (exact) mass is 363 g/mol. The lowest BCUT2D eigenvalue weighted by Gasteiger charge is -2.33. The minimum atomic E-state index is -0.310. The van der Waals surface area contributed by atoms with Gasteiger partial charge in [-0.05, 0) is 48.7 Å². The second-order valence-corrected chi connectivity index (χ2v) is 6.29. The van der Waals surface area contributed by atoms with E-state index >= 15 is 0 Å². The van der Waals surface area contributed by atoms with Crippen molar-refractivity contribution in [1.82, 2.24) is 0 Å². The molecule has 27 heavy (non-hydrogen) atoms. The maximum absolute atomic E-state index is 12.7. The molecular formula is C23H25NO3. The van der Waals surface area contributed by atoms with Gasteiger partial charge in [0.1, 0.15) is 5.75 Å². The number of nitrogens with zero attached hydrogens (tertiary/aromatic N) is 1. The maximum Gasteiger partial charge on any atom is 0.340 e. The van der Waals surface area contributed by atoms with Crippen molar-refractivity contribution in [2.45, 2.75) is 26.3 Å². The summed E-state index contributed by atoms with van der Waals surface area (Å²) in [6.45, 7) is 4.31. The van der Waals surface area contributed by atoms with Crippen LogP contribution in [0.15, 0.2) is 72.4 Å². The molecule has 1 aliphatic heterocycles. The van der Waals surface area contributed by atoms with Crippen molar-refractivity contribution in [2.75, 3.05) is 18.6 Å². The van der Waals surface area contributed by atoms with Crippen molar-refractivity contribution in [3.63, 3.8) is 0 Å². The molecule has 1 heterocycles. The average molecular weight is 363 g/mol. The van der Waals surface area contributed by atoms with Gasteiger partial charge in [0.2, 0.25) is 0 Å². The van der Waals surface area contributed by atoms with Crippen molar-refractivity contribution in [2.24, 2.45) is 0 Å². The standard InChI is InChI=1S/C23H25NO3/c1-4-18-15-21(17-11-13-20(26-3)14-12-17)22(23(25)27-5-2)16-24(18)19-9-7-6-8-10-19/h6-16,18H,4-5H2,1-3H3. The number of ether oxygens (including phenoxy) is 2. The van der Waals surface area contributed by atoms with Crippen LogP contribution in [0.2, 0.25) is 0 Å². The lowest BCUT2D eigenvalue weighted by Crippen LogP contribution is -2.33. The van der Waals surface area contributed by atoms with Crippen LogP contribution < -0.4 is 9.64 Å². The summed E-state index contributed by atoms with van der Waals surface area (Å²) in [6, 6.07) is 18.0. The quantitative estimate of drug-likeness (QED) is 0.690. The molecule has 3 rings (SSSR count). The van der Waals surface area contributed by atoms with Crippen LogP contribution in [-0.4, -0.2) is 25.7 Å². The molecule has 0 saturated carbocycles. The Morgan fingerprint density at radius 3 is 2.33 bits per heavy atom. The average Bonchev–Trinajstić information content (AvgIpc) is 2.73. The first-order valence-corrected chi connectivity index (χ1v) is 9.26. The number of esters is 1. The molecule has 4 heteroatoms. The van der Waals surface area contributed by atoms with Crippen LogP contribution in [0.5, 0.6) is 5.75 Å². The van der Waals surface area contributed by atoms with E-state index < -0.39 is 0 Å². The number of rotatable bonds is 6. The van der Waals surface area contributed by atoms with E-state index in [1.54, 1.807) is 7.11 Å². The number of methoxy groups -OCH3 is 1. The Morgan fingerprint density at radius 2 is 1.74 bits per heavy atom. The van der Waals surface area contributed by atoms with Gasteiger partial charge in [0.25, 0.3) is 0 Å². The number of benzene rings is 2. The van der Waals surface area contributed by atoms with Crippen LogP contribution >= 0.6 is 0 Å². The Bertz CT molecular complexity index is 838. The lowest BCUT2D eigenvalue weighted by atomic mass is 9.92. The second-order valence-electron chi connectivity index (χ2n) is 6.29. The Kier molecular flexibility index (Phi) is 5.97. The molecule has 0 aromatic heterocycles. The number of hydrogen-bond acceptors (Lipinski definition) is 4. The first-order chi connectivity index (χ1) is 13.2. The molecule has 1 aliphatic rings. The summed E-state index contributed by atoms with van der Waals surface area (Å²) in [5, 5.41) is 0. The van der Waals surface area contributed by atoms with E-state index in [0.717, 1.165) is 29.0 Å². The third-order valence-corrected chi connectivity index (χ3v) is 4.64. The van der Waals surface area contributed by atoms with Gasteiger partial charge in [0, 0.05) is 11.9 Å². The van der Waals surface area contributed by atoms with Crippen LogP contribution in [0.4, 0.5) is 5.69 Å². The number of carbonyl (C=O) groups is 1. The van der Waals surface area contributed by atoms with E-state index in [0.29, 0.717) is 12.2 Å². The highest BCUT2D eigenvalue weighted by atomic mass is 16.5. The van der Waals surface area contributed by atoms with Crippen molar-refractivity contribution in [3.05, 3.63) is 78.0 Å². The summed E-state index contributed by atoms with van der Waals surface area (Å²) < 4.78 is 10.6. The van der Waals surface area contributed by atoms with E-state index in [1.807, 2.05) is 67.7 Å². The van der Waals surface area contributed by atoms with Crippen molar-refractivity contribution in [3.8, 4) is 5.75 Å². The fourth-order valence-electron chi connectivity index (χ4n) is 3.24. The van der Waals surface area contributed by atoms with Gasteiger partial charge in [-0.3, -0.25) is 0 Å². The van der Waals surface area contributed by atoms with Gasteiger partial charge in [-0.1, -0.05) is 43.3 Å². The zero-order valence-corrected chi connectivity index (χ0v) is 16.0. The number of carbonyl (C=O) groups excluding carboxylic acids is 1. The van der Waals surface area contributed by atoms with Crippen LogP contribution in [-0.2, 0) is 9.53 Å². The minimum Gasteiger partial charge on any atom is -0.497 e. The van der Waals surface area contributed by atoms with E-state index in [4.69, 9.17) is 9.47 Å². The van der Waals surface area contributed by atoms with Crippen molar-refractivity contribution in [1.29, 1.82) is 0 Å². The summed E-state index contributed by atoms with van der Waals surface area (Å²) in [6.07, 6.45) is 4.99. The lowest BCUT2D eigenvalue weighted by molar-refractivity contribution is -0.138. The Labute approximate surface area is 160 Å². The topological polar surface area (TPSA) is 38.8 Å². The van der Waals surface area contributed by atoms with Crippen molar-refractivity contribution < 1.29 is 14.3 Å². The van der Waals surface area contributed by atoms with Crippen molar-refractivity contribution >= 4 is 17.2 Å². The third kappa shape index (κ3) is 4.05. The molecule has 0 aliphatic carbocycles. The predicted octanol–water partition coefficient (Wildman–Crippen LogP) is 4.82. The fraction of sp³-hybridized carbons (Fsp3) is 0.261. The highest BCUT2D eigenvalue weighted by Crippen LogP contribution is 2.34. The highest BCUT2D eigenvalue weighted by molar-refractivity contribution is 6.07. The van der Waals surface area contributed by atoms with Crippen LogP contribution in [0.3, 0.4) is 0 Å². The van der Waals surface area contributed by atoms with Gasteiger partial charge >= 0.3 is 5.97 Å². The normalized spacial score (nSPS) is 16.4. The molecular weight excluding hydrogens is 338 g/mol. The largest absolute Gasteiger partial charge is 0.497 e. The number of para-hydroxylation sites is 1. The molecule has 0 radical (unpaired) electrons. The molecule has 0 N–H and O–H groups in total. The molecule has 2 aromatic rings. The maximum atomic E-state index is 12.7. The summed E-state index contributed by atoms with van der Waals surface area (Å²) in [4.78, 5) is 14.8. The molecule has 140 valence electrons. The van der Waals surface area contributed by atoms with Gasteiger partial charge in [0.15, 0.2) is 0 Å². The summed E-state index contributed by atoms with van der Waals surface area (Å²) >= 11 is 0. The minimum absolute atomic E-state index is 0.155. The summed E-state index contributed by atoms with van der Waals surface area (Å²) in [5.74, 6) is 0.477. The molecule has 4 nitrogen and oxygen atoms in total. The number of hydrogen-bond donors (Lipinski definition) is 0. The second kappa shape index (κ2) is 8.58. The van der Waals surface area contributed by atoms with Crippen LogP contribution in [0.25, 0.3) is 5.57 Å². The van der Waals surface area contributed by atoms with Gasteiger partial charge in [0.05, 0.1) is 25.3 Å². The molecule has 1 atom stereocenters. The first kappa shape index (κ1) is 18.8. The molecule has 0 bridgehead atoms. The highest BCUT2D eigenvalue weighted by Gasteiger charge is 2.27. The number of anilines is 1. The molecule has 0 spiro atoms. The van der Waals surface area contributed by atoms with E-state index in [2.05, 4.69) is 17.9 Å². The Hall–Kier alpha value is -3.01. The fourth-order valence-corrected chi connectivity index (χ4v) is 3.24. The SMILES string of the molecule is CCOC(=O)C1=CN(c2ccccc2)C(CC)C=C1c1ccc(OC)cc1. The molecule has 0 fully saturated rings. The smallest absolute Gasteiger partial charge is 0.340 e. The van der Waals surface area contributed by atoms with Crippen LogP contribution in [0, 0.1) is 0 Å². The van der Waals surface area contributed by atoms with Gasteiger partial charge in [-0.15, -0.1) is 0 Å². The molecule has 2 aromatic carbocycles. The van der Waals surface area contributed by atoms with Gasteiger partial charge < -0.3 is 14.4 Å². The molecule has 0 saturated heterocycles. The summed E-state index contributed by atoms with van der Waals surface area (Å²) in [5.41, 5.74) is 3.49. The van der Waals surface area contributed by atoms with E-state index in [9.17, 15) is 4.79 Å². The van der Waals surface area contributed by atoms with E-state index in [1.165, 1.54) is 0 Å². The van der Waals surface area contributed by atoms with Crippen LogP contribution in [0.1, 0.15) is 25.8 Å². The van der Waals surface area contributed by atoms with Gasteiger partial charge in [-0.2, -0.15) is 0 Å². The van der Waals surface area contributed by atoms with Gasteiger partial charge in [-0.25, -0.2) is 4.79 Å². The van der Waals surface area contributed by atoms with E-state index in [-0.39, 0.29) is 12.0 Å². The third-order valence-electron chi connectivity index (χ3n) is 4.64.